The molecule has 0 bridgehead atoms. The number of carbonyl (C=O) groups excluding carboxylic acids is 1. The zero-order chi connectivity index (χ0) is 19.7. The molecule has 0 aliphatic heterocycles. The molecule has 150 valence electrons. The number of nitrogens with two attached hydrogens (primary N) is 1. The molecule has 3 atom stereocenters. The van der Waals surface area contributed by atoms with E-state index in [1.807, 2.05) is 0 Å². The Labute approximate surface area is 157 Å². The van der Waals surface area contributed by atoms with Gasteiger partial charge in [-0.1, -0.05) is 68.2 Å². The van der Waals surface area contributed by atoms with Crippen LogP contribution in [0.3, 0.4) is 0 Å². The van der Waals surface area contributed by atoms with E-state index in [4.69, 9.17) is 10.5 Å². The summed E-state index contributed by atoms with van der Waals surface area (Å²) in [5, 5.41) is 0. The first-order valence-corrected chi connectivity index (χ1v) is 10.4. The Hall–Kier alpha value is -0.570. The summed E-state index contributed by atoms with van der Waals surface area (Å²) in [6.07, 6.45) is 6.66. The topological polar surface area (TPSA) is 52.3 Å². The van der Waals surface area contributed by atoms with Crippen molar-refractivity contribution < 1.29 is 9.53 Å². The van der Waals surface area contributed by atoms with Gasteiger partial charge in [0.1, 0.15) is 6.10 Å². The zero-order valence-corrected chi connectivity index (χ0v) is 18.3. The third-order valence-corrected chi connectivity index (χ3v) is 5.64. The summed E-state index contributed by atoms with van der Waals surface area (Å²) in [5.74, 6) is 0.966. The van der Waals surface area contributed by atoms with Gasteiger partial charge in [0.2, 0.25) is 0 Å². The maximum absolute atomic E-state index is 12.2. The Morgan fingerprint density at radius 1 is 1.08 bits per heavy atom. The van der Waals surface area contributed by atoms with Crippen LogP contribution in [0.25, 0.3) is 0 Å². The van der Waals surface area contributed by atoms with Gasteiger partial charge in [0, 0.05) is 6.42 Å². The van der Waals surface area contributed by atoms with E-state index in [0.717, 1.165) is 19.3 Å². The monoisotopic (exact) mass is 355 g/mol. The fraction of sp³-hybridized carbons (Fsp3) is 0.955. The van der Waals surface area contributed by atoms with Crippen LogP contribution in [-0.2, 0) is 9.53 Å². The van der Waals surface area contributed by atoms with E-state index in [1.165, 1.54) is 12.8 Å². The molecule has 0 fully saturated rings. The lowest BCUT2D eigenvalue weighted by Crippen LogP contribution is -2.34. The van der Waals surface area contributed by atoms with Crippen LogP contribution in [0.1, 0.15) is 100 Å². The van der Waals surface area contributed by atoms with Crippen LogP contribution in [0.2, 0.25) is 0 Å². The number of rotatable bonds is 13. The average Bonchev–Trinajstić information content (AvgIpc) is 2.50. The molecule has 25 heavy (non-hydrogen) atoms. The minimum Gasteiger partial charge on any atom is -0.462 e. The summed E-state index contributed by atoms with van der Waals surface area (Å²) in [5.41, 5.74) is 6.00. The van der Waals surface area contributed by atoms with Crippen LogP contribution in [0.4, 0.5) is 0 Å². The fourth-order valence-electron chi connectivity index (χ4n) is 3.82. The largest absolute Gasteiger partial charge is 0.462 e. The number of carbonyl (C=O) groups is 1. The van der Waals surface area contributed by atoms with Gasteiger partial charge in [-0.3, -0.25) is 4.79 Å². The molecule has 0 saturated carbocycles. The minimum absolute atomic E-state index is 0.00179. The standard InChI is InChI=1S/C22H45NO2/c1-9-17(3)14-18(4)19(25-20(24)12-11-13-23)15-22(7,8)16-21(5,6)10-2/h17-19H,9-16,23H2,1-8H3. The molecule has 2 N–H and O–H groups in total. The normalized spacial score (nSPS) is 16.4. The number of ether oxygens (including phenoxy) is 1. The van der Waals surface area contributed by atoms with Crippen LogP contribution in [-0.4, -0.2) is 18.6 Å². The number of hydrogen-bond donors (Lipinski definition) is 1. The molecule has 3 unspecified atom stereocenters. The van der Waals surface area contributed by atoms with Gasteiger partial charge in [0.25, 0.3) is 0 Å². The minimum atomic E-state index is -0.0861. The maximum atomic E-state index is 12.2. The van der Waals surface area contributed by atoms with E-state index < -0.39 is 0 Å². The number of hydrogen-bond acceptors (Lipinski definition) is 3. The average molecular weight is 356 g/mol. The van der Waals surface area contributed by atoms with Gasteiger partial charge < -0.3 is 10.5 Å². The Bertz CT molecular complexity index is 376. The van der Waals surface area contributed by atoms with E-state index >= 15 is 0 Å². The first-order valence-electron chi connectivity index (χ1n) is 10.4. The van der Waals surface area contributed by atoms with Crippen molar-refractivity contribution in [3.05, 3.63) is 0 Å². The van der Waals surface area contributed by atoms with Crippen molar-refractivity contribution >= 4 is 5.97 Å². The molecular formula is C22H45NO2. The first-order chi connectivity index (χ1) is 11.5. The van der Waals surface area contributed by atoms with Crippen molar-refractivity contribution in [3.8, 4) is 0 Å². The molecule has 0 saturated heterocycles. The zero-order valence-electron chi connectivity index (χ0n) is 18.3. The SMILES string of the molecule is CCC(C)CC(C)C(CC(C)(C)CC(C)(C)CC)OC(=O)CCCN. The molecule has 0 aromatic rings. The highest BCUT2D eigenvalue weighted by Gasteiger charge is 2.33. The predicted molar refractivity (Wildman–Crippen MR) is 108 cm³/mol. The summed E-state index contributed by atoms with van der Waals surface area (Å²) in [4.78, 5) is 12.2. The van der Waals surface area contributed by atoms with Gasteiger partial charge in [-0.2, -0.15) is 0 Å². The van der Waals surface area contributed by atoms with E-state index in [2.05, 4.69) is 55.4 Å². The molecule has 0 aliphatic rings. The van der Waals surface area contributed by atoms with Gasteiger partial charge >= 0.3 is 5.97 Å². The number of esters is 1. The Morgan fingerprint density at radius 2 is 1.68 bits per heavy atom. The predicted octanol–water partition coefficient (Wildman–Crippen LogP) is 5.95. The van der Waals surface area contributed by atoms with Gasteiger partial charge in [-0.15, -0.1) is 0 Å². The van der Waals surface area contributed by atoms with Crippen molar-refractivity contribution in [2.75, 3.05) is 6.54 Å². The van der Waals surface area contributed by atoms with E-state index in [-0.39, 0.29) is 17.5 Å². The maximum Gasteiger partial charge on any atom is 0.306 e. The van der Waals surface area contributed by atoms with Crippen molar-refractivity contribution in [1.29, 1.82) is 0 Å². The molecule has 0 radical (unpaired) electrons. The second kappa shape index (κ2) is 11.2. The quantitative estimate of drug-likeness (QED) is 0.415. The van der Waals surface area contributed by atoms with Crippen LogP contribution in [0, 0.1) is 22.7 Å². The highest BCUT2D eigenvalue weighted by Crippen LogP contribution is 2.41. The molecule has 0 heterocycles. The summed E-state index contributed by atoms with van der Waals surface area (Å²) < 4.78 is 5.95. The van der Waals surface area contributed by atoms with Gasteiger partial charge in [0.15, 0.2) is 0 Å². The van der Waals surface area contributed by atoms with E-state index in [1.54, 1.807) is 0 Å². The second-order valence-electron chi connectivity index (χ2n) is 9.71. The lowest BCUT2D eigenvalue weighted by atomic mass is 9.70. The van der Waals surface area contributed by atoms with Crippen molar-refractivity contribution in [1.82, 2.24) is 0 Å². The van der Waals surface area contributed by atoms with Crippen LogP contribution < -0.4 is 5.73 Å². The molecule has 0 aromatic heterocycles. The molecule has 0 spiro atoms. The Morgan fingerprint density at radius 3 is 2.16 bits per heavy atom. The third kappa shape index (κ3) is 10.9. The summed E-state index contributed by atoms with van der Waals surface area (Å²) in [6.45, 7) is 18.9. The molecular weight excluding hydrogens is 310 g/mol. The lowest BCUT2D eigenvalue weighted by Gasteiger charge is -2.38. The second-order valence-corrected chi connectivity index (χ2v) is 9.71. The Balaban J connectivity index is 5.06. The van der Waals surface area contributed by atoms with E-state index in [0.29, 0.717) is 36.6 Å². The van der Waals surface area contributed by atoms with E-state index in [9.17, 15) is 4.79 Å². The Kier molecular flexibility index (Phi) is 11.0. The lowest BCUT2D eigenvalue weighted by molar-refractivity contribution is -0.154. The van der Waals surface area contributed by atoms with Gasteiger partial charge in [-0.05, 0) is 54.9 Å². The molecule has 3 nitrogen and oxygen atoms in total. The molecule has 0 aliphatic carbocycles. The molecule has 3 heteroatoms. The molecule has 0 rings (SSSR count). The first kappa shape index (κ1) is 24.4. The van der Waals surface area contributed by atoms with Crippen LogP contribution in [0.5, 0.6) is 0 Å². The highest BCUT2D eigenvalue weighted by molar-refractivity contribution is 5.69. The van der Waals surface area contributed by atoms with Crippen LogP contribution in [0.15, 0.2) is 0 Å². The molecule has 0 amide bonds. The van der Waals surface area contributed by atoms with Crippen molar-refractivity contribution in [3.63, 3.8) is 0 Å². The smallest absolute Gasteiger partial charge is 0.306 e. The highest BCUT2D eigenvalue weighted by atomic mass is 16.5. The van der Waals surface area contributed by atoms with Gasteiger partial charge in [-0.25, -0.2) is 0 Å². The third-order valence-electron chi connectivity index (χ3n) is 5.64. The van der Waals surface area contributed by atoms with Gasteiger partial charge in [0.05, 0.1) is 0 Å². The summed E-state index contributed by atoms with van der Waals surface area (Å²) >= 11 is 0. The van der Waals surface area contributed by atoms with Crippen molar-refractivity contribution in [2.24, 2.45) is 28.4 Å². The molecule has 0 aromatic carbocycles. The van der Waals surface area contributed by atoms with Crippen molar-refractivity contribution in [2.45, 2.75) is 106 Å². The fourth-order valence-corrected chi connectivity index (χ4v) is 3.82. The van der Waals surface area contributed by atoms with Crippen LogP contribution >= 0.6 is 0 Å². The summed E-state index contributed by atoms with van der Waals surface area (Å²) in [7, 11) is 0. The summed E-state index contributed by atoms with van der Waals surface area (Å²) in [6, 6.07) is 0.